The molecular weight excluding hydrogens is 535 g/mol. The van der Waals surface area contributed by atoms with E-state index in [-0.39, 0.29) is 11.6 Å². The minimum absolute atomic E-state index is 0.104. The van der Waals surface area contributed by atoms with Crippen LogP contribution in [0.5, 0.6) is 5.75 Å². The number of nitrogens with one attached hydrogen (secondary N) is 2. The molecule has 2 heterocycles. The molecule has 0 aliphatic rings. The van der Waals surface area contributed by atoms with Gasteiger partial charge in [0, 0.05) is 48.5 Å². The number of pyridine rings is 1. The van der Waals surface area contributed by atoms with Gasteiger partial charge in [-0.05, 0) is 59.7 Å². The average Bonchev–Trinajstić information content (AvgIpc) is 3.39. The minimum atomic E-state index is -2.98. The lowest BCUT2D eigenvalue weighted by atomic mass is 10.1. The van der Waals surface area contributed by atoms with Gasteiger partial charge in [0.1, 0.15) is 33.0 Å². The van der Waals surface area contributed by atoms with Crippen LogP contribution in [0.15, 0.2) is 85.2 Å². The van der Waals surface area contributed by atoms with E-state index in [1.54, 1.807) is 23.6 Å². The fourth-order valence-electron chi connectivity index (χ4n) is 3.97. The monoisotopic (exact) mass is 562 g/mol. The second-order valence-corrected chi connectivity index (χ2v) is 12.5. The number of rotatable bonds is 11. The molecule has 0 saturated carbocycles. The molecular formula is C29H27FN4O3S2. The summed E-state index contributed by atoms with van der Waals surface area (Å²) in [5, 5.41) is 8.46. The van der Waals surface area contributed by atoms with Crippen molar-refractivity contribution in [2.75, 3.05) is 23.9 Å². The Morgan fingerprint density at radius 1 is 1.00 bits per heavy atom. The van der Waals surface area contributed by atoms with Crippen molar-refractivity contribution < 1.29 is 17.5 Å². The van der Waals surface area contributed by atoms with Gasteiger partial charge in [0.25, 0.3) is 0 Å². The van der Waals surface area contributed by atoms with Crippen molar-refractivity contribution in [1.82, 2.24) is 15.3 Å². The number of benzene rings is 3. The lowest BCUT2D eigenvalue weighted by Gasteiger charge is -2.11. The molecule has 0 fully saturated rings. The summed E-state index contributed by atoms with van der Waals surface area (Å²) in [4.78, 5) is 10.0. The van der Waals surface area contributed by atoms with Crippen LogP contribution in [0.2, 0.25) is 0 Å². The smallest absolute Gasteiger partial charge is 0.148 e. The van der Waals surface area contributed by atoms with E-state index in [0.717, 1.165) is 43.3 Å². The Balaban J connectivity index is 1.23. The highest BCUT2D eigenvalue weighted by atomic mass is 32.2. The van der Waals surface area contributed by atoms with Crippen LogP contribution in [-0.2, 0) is 23.0 Å². The molecule has 39 heavy (non-hydrogen) atoms. The number of nitrogens with zero attached hydrogens (tertiary/aromatic N) is 2. The molecule has 0 bridgehead atoms. The Bertz CT molecular complexity index is 1690. The Hall–Kier alpha value is -3.86. The second kappa shape index (κ2) is 11.9. The van der Waals surface area contributed by atoms with Gasteiger partial charge in [-0.2, -0.15) is 0 Å². The van der Waals surface area contributed by atoms with Gasteiger partial charge in [0.15, 0.2) is 0 Å². The summed E-state index contributed by atoms with van der Waals surface area (Å²) in [6, 6.07) is 22.1. The average molecular weight is 563 g/mol. The van der Waals surface area contributed by atoms with E-state index in [0.29, 0.717) is 25.4 Å². The maximum absolute atomic E-state index is 13.4. The zero-order valence-electron chi connectivity index (χ0n) is 21.2. The number of aromatic nitrogens is 2. The molecule has 5 aromatic rings. The first-order valence-electron chi connectivity index (χ1n) is 12.3. The van der Waals surface area contributed by atoms with E-state index in [1.165, 1.54) is 18.4 Å². The molecule has 3 aromatic carbocycles. The van der Waals surface area contributed by atoms with Crippen LogP contribution in [0, 0.1) is 5.82 Å². The van der Waals surface area contributed by atoms with Crippen LogP contribution in [0.1, 0.15) is 10.6 Å². The van der Waals surface area contributed by atoms with Gasteiger partial charge in [-0.25, -0.2) is 17.8 Å². The molecule has 0 spiro atoms. The van der Waals surface area contributed by atoms with E-state index in [2.05, 4.69) is 20.6 Å². The number of hydrogen-bond donors (Lipinski definition) is 2. The molecule has 0 saturated heterocycles. The Morgan fingerprint density at radius 3 is 2.64 bits per heavy atom. The van der Waals surface area contributed by atoms with Crippen LogP contribution in [0.4, 0.5) is 15.8 Å². The normalized spacial score (nSPS) is 11.5. The summed E-state index contributed by atoms with van der Waals surface area (Å²) in [5.41, 5.74) is 4.48. The fourth-order valence-corrected chi connectivity index (χ4v) is 5.37. The molecule has 0 radical (unpaired) electrons. The van der Waals surface area contributed by atoms with E-state index in [1.807, 2.05) is 60.8 Å². The van der Waals surface area contributed by atoms with Crippen LogP contribution in [0.25, 0.3) is 21.3 Å². The zero-order valence-corrected chi connectivity index (χ0v) is 22.9. The number of fused-ring (bicyclic) bond motifs is 1. The highest BCUT2D eigenvalue weighted by molar-refractivity contribution is 7.90. The molecule has 0 amide bonds. The summed E-state index contributed by atoms with van der Waals surface area (Å²) in [6.45, 7) is 1.21. The van der Waals surface area contributed by atoms with Gasteiger partial charge in [-0.1, -0.05) is 24.3 Å². The van der Waals surface area contributed by atoms with Crippen molar-refractivity contribution in [2.45, 2.75) is 13.2 Å². The highest BCUT2D eigenvalue weighted by Crippen LogP contribution is 2.32. The van der Waals surface area contributed by atoms with E-state index < -0.39 is 9.84 Å². The lowest BCUT2D eigenvalue weighted by molar-refractivity contribution is 0.305. The lowest BCUT2D eigenvalue weighted by Crippen LogP contribution is -2.21. The number of ether oxygens (including phenoxy) is 1. The van der Waals surface area contributed by atoms with Gasteiger partial charge < -0.3 is 15.4 Å². The SMILES string of the molecule is CS(=O)(=O)CCNCc1ncc(-c2ccc3c(Nc4ccc(OCc5cccc(F)c5)cc4)ccnc3c2)s1. The maximum atomic E-state index is 13.4. The highest BCUT2D eigenvalue weighted by Gasteiger charge is 2.09. The van der Waals surface area contributed by atoms with Crippen molar-refractivity contribution in [3.8, 4) is 16.2 Å². The molecule has 2 N–H and O–H groups in total. The van der Waals surface area contributed by atoms with Crippen molar-refractivity contribution in [2.24, 2.45) is 0 Å². The number of sulfone groups is 1. The van der Waals surface area contributed by atoms with Crippen molar-refractivity contribution in [3.05, 3.63) is 102 Å². The van der Waals surface area contributed by atoms with Crippen LogP contribution in [-0.4, -0.2) is 36.9 Å². The van der Waals surface area contributed by atoms with Crippen molar-refractivity contribution in [3.63, 3.8) is 0 Å². The third-order valence-electron chi connectivity index (χ3n) is 5.93. The maximum Gasteiger partial charge on any atom is 0.148 e. The molecule has 5 rings (SSSR count). The van der Waals surface area contributed by atoms with Gasteiger partial charge in [0.2, 0.25) is 0 Å². The van der Waals surface area contributed by atoms with Crippen molar-refractivity contribution >= 4 is 43.5 Å². The minimum Gasteiger partial charge on any atom is -0.489 e. The van der Waals surface area contributed by atoms with E-state index in [9.17, 15) is 12.8 Å². The third kappa shape index (κ3) is 7.38. The van der Waals surface area contributed by atoms with E-state index in [4.69, 9.17) is 4.74 Å². The first kappa shape index (κ1) is 26.7. The number of hydrogen-bond acceptors (Lipinski definition) is 8. The quantitative estimate of drug-likeness (QED) is 0.192. The Kier molecular flexibility index (Phi) is 8.16. The third-order valence-corrected chi connectivity index (χ3v) is 7.93. The predicted octanol–water partition coefficient (Wildman–Crippen LogP) is 5.95. The van der Waals surface area contributed by atoms with Gasteiger partial charge in [-0.3, -0.25) is 4.98 Å². The summed E-state index contributed by atoms with van der Waals surface area (Å²) in [5.74, 6) is 0.524. The molecule has 0 aliphatic carbocycles. The topological polar surface area (TPSA) is 93.2 Å². The number of anilines is 2. The van der Waals surface area contributed by atoms with Crippen LogP contribution in [0.3, 0.4) is 0 Å². The summed E-state index contributed by atoms with van der Waals surface area (Å²) >= 11 is 1.57. The Labute approximate surface area is 230 Å². The largest absolute Gasteiger partial charge is 0.489 e. The molecule has 10 heteroatoms. The molecule has 0 unspecified atom stereocenters. The van der Waals surface area contributed by atoms with Crippen LogP contribution >= 0.6 is 11.3 Å². The van der Waals surface area contributed by atoms with Crippen molar-refractivity contribution in [1.29, 1.82) is 0 Å². The molecule has 7 nitrogen and oxygen atoms in total. The van der Waals surface area contributed by atoms with Gasteiger partial charge in [-0.15, -0.1) is 11.3 Å². The predicted molar refractivity (Wildman–Crippen MR) is 155 cm³/mol. The summed E-state index contributed by atoms with van der Waals surface area (Å²) in [7, 11) is -2.98. The second-order valence-electron chi connectivity index (χ2n) is 9.08. The zero-order chi connectivity index (χ0) is 27.2. The van der Waals surface area contributed by atoms with Gasteiger partial charge in [0.05, 0.1) is 16.1 Å². The molecule has 200 valence electrons. The first-order valence-corrected chi connectivity index (χ1v) is 15.2. The molecule has 2 aromatic heterocycles. The summed E-state index contributed by atoms with van der Waals surface area (Å²) in [6.07, 6.45) is 4.84. The summed E-state index contributed by atoms with van der Waals surface area (Å²) < 4.78 is 41.7. The number of halogens is 1. The Morgan fingerprint density at radius 2 is 1.85 bits per heavy atom. The number of thiazole rings is 1. The molecule has 0 atom stereocenters. The van der Waals surface area contributed by atoms with Gasteiger partial charge >= 0.3 is 0 Å². The first-order chi connectivity index (χ1) is 18.8. The molecule has 0 aliphatic heterocycles. The van der Waals surface area contributed by atoms with E-state index >= 15 is 0 Å². The standard InChI is InChI=1S/C29H27FN4O3S2/c1-39(35,36)14-13-31-18-29-33-17-28(38-29)21-5-10-25-26(11-12-32-27(25)16-21)34-23-6-8-24(9-7-23)37-19-20-3-2-4-22(30)15-20/h2-12,15-17,31H,13-14,18-19H2,1H3,(H,32,34). The van der Waals surface area contributed by atoms with Crippen LogP contribution < -0.4 is 15.4 Å². The fraction of sp³-hybridized carbons (Fsp3) is 0.172.